The van der Waals surface area contributed by atoms with Crippen molar-refractivity contribution in [3.63, 3.8) is 0 Å². The number of amides is 3. The molecule has 0 aliphatic heterocycles. The molecule has 0 spiro atoms. The van der Waals surface area contributed by atoms with Gasteiger partial charge in [-0.3, -0.25) is 14.9 Å². The molecule has 0 saturated heterocycles. The molecule has 6 heteroatoms. The molecule has 0 aliphatic rings. The number of hydrogen-bond acceptors (Lipinski definition) is 4. The zero-order valence-corrected chi connectivity index (χ0v) is 14.6. The highest BCUT2D eigenvalue weighted by Gasteiger charge is 2.14. The van der Waals surface area contributed by atoms with Gasteiger partial charge in [-0.05, 0) is 17.0 Å². The van der Waals surface area contributed by atoms with Crippen LogP contribution in [0.5, 0.6) is 0 Å². The molecule has 26 heavy (non-hydrogen) atoms. The number of rotatable bonds is 7. The van der Waals surface area contributed by atoms with Crippen LogP contribution < -0.4 is 10.6 Å². The van der Waals surface area contributed by atoms with E-state index in [1.54, 1.807) is 0 Å². The van der Waals surface area contributed by atoms with E-state index in [2.05, 4.69) is 10.6 Å². The summed E-state index contributed by atoms with van der Waals surface area (Å²) in [6.07, 6.45) is 0.164. The zero-order chi connectivity index (χ0) is 18.8. The van der Waals surface area contributed by atoms with Crippen LogP contribution in [0.25, 0.3) is 0 Å². The number of carbonyl (C=O) groups excluding carboxylic acids is 3. The van der Waals surface area contributed by atoms with Gasteiger partial charge >= 0.3 is 12.0 Å². The van der Waals surface area contributed by atoms with E-state index in [1.165, 1.54) is 0 Å². The van der Waals surface area contributed by atoms with Crippen molar-refractivity contribution < 1.29 is 19.1 Å². The molecule has 0 radical (unpaired) electrons. The number of urea groups is 1. The predicted molar refractivity (Wildman–Crippen MR) is 97.3 cm³/mol. The Kier molecular flexibility index (Phi) is 7.36. The Bertz CT molecular complexity index is 732. The lowest BCUT2D eigenvalue weighted by atomic mass is 9.98. The lowest BCUT2D eigenvalue weighted by molar-refractivity contribution is -0.148. The molecular formula is C20H22N2O4. The van der Waals surface area contributed by atoms with Crippen LogP contribution in [0, 0.1) is 0 Å². The first-order valence-electron chi connectivity index (χ1n) is 8.37. The lowest BCUT2D eigenvalue weighted by Crippen LogP contribution is -2.41. The molecular weight excluding hydrogens is 332 g/mol. The Hall–Kier alpha value is -3.15. The summed E-state index contributed by atoms with van der Waals surface area (Å²) in [4.78, 5) is 35.2. The normalized spacial score (nSPS) is 11.3. The van der Waals surface area contributed by atoms with Gasteiger partial charge in [0.1, 0.15) is 0 Å². The van der Waals surface area contributed by atoms with Crippen LogP contribution in [0.1, 0.15) is 30.4 Å². The Labute approximate surface area is 152 Å². The first-order valence-corrected chi connectivity index (χ1v) is 8.37. The minimum Gasteiger partial charge on any atom is -0.456 e. The monoisotopic (exact) mass is 354 g/mol. The summed E-state index contributed by atoms with van der Waals surface area (Å²) in [6, 6.07) is 18.2. The summed E-state index contributed by atoms with van der Waals surface area (Å²) in [5, 5.41) is 4.68. The van der Waals surface area contributed by atoms with Gasteiger partial charge in [0.05, 0.1) is 6.42 Å². The number of imide groups is 1. The van der Waals surface area contributed by atoms with E-state index in [0.29, 0.717) is 6.54 Å². The van der Waals surface area contributed by atoms with Gasteiger partial charge in [-0.15, -0.1) is 0 Å². The third-order valence-electron chi connectivity index (χ3n) is 3.75. The van der Waals surface area contributed by atoms with Crippen LogP contribution in [0.3, 0.4) is 0 Å². The van der Waals surface area contributed by atoms with E-state index in [9.17, 15) is 14.4 Å². The molecule has 0 bridgehead atoms. The number of nitrogens with one attached hydrogen (secondary N) is 2. The van der Waals surface area contributed by atoms with Gasteiger partial charge < -0.3 is 10.1 Å². The Balaban J connectivity index is 1.66. The number of hydrogen-bond donors (Lipinski definition) is 2. The largest absolute Gasteiger partial charge is 0.456 e. The fraction of sp³-hybridized carbons (Fsp3) is 0.250. The van der Waals surface area contributed by atoms with Gasteiger partial charge in [-0.1, -0.05) is 67.6 Å². The van der Waals surface area contributed by atoms with Crippen LogP contribution in [0.2, 0.25) is 0 Å². The Morgan fingerprint density at radius 3 is 2.23 bits per heavy atom. The Morgan fingerprint density at radius 2 is 1.58 bits per heavy atom. The molecule has 0 heterocycles. The van der Waals surface area contributed by atoms with E-state index in [1.807, 2.05) is 67.6 Å². The molecule has 0 aliphatic carbocycles. The van der Waals surface area contributed by atoms with Crippen molar-refractivity contribution in [2.24, 2.45) is 0 Å². The van der Waals surface area contributed by atoms with Gasteiger partial charge in [0.25, 0.3) is 5.91 Å². The van der Waals surface area contributed by atoms with Gasteiger partial charge in [0.2, 0.25) is 0 Å². The smallest absolute Gasteiger partial charge is 0.321 e. The summed E-state index contributed by atoms with van der Waals surface area (Å²) in [5.74, 6) is -1.17. The highest BCUT2D eigenvalue weighted by atomic mass is 16.5. The minimum atomic E-state index is -0.670. The molecule has 0 fully saturated rings. The van der Waals surface area contributed by atoms with Gasteiger partial charge in [-0.25, -0.2) is 4.79 Å². The number of carbonyl (C=O) groups is 3. The van der Waals surface area contributed by atoms with E-state index in [-0.39, 0.29) is 12.3 Å². The molecule has 2 aromatic carbocycles. The maximum Gasteiger partial charge on any atom is 0.321 e. The standard InChI is InChI=1S/C20H22N2O4/c1-15(17-10-6-3-7-11-17)12-19(24)26-14-18(23)22-20(25)21-13-16-8-4-2-5-9-16/h2-11,15H,12-14H2,1H3,(H2,21,22,23,25)/t15-/m1/s1. The highest BCUT2D eigenvalue weighted by molar-refractivity contribution is 5.95. The van der Waals surface area contributed by atoms with Crippen LogP contribution in [0.4, 0.5) is 4.79 Å². The summed E-state index contributed by atoms with van der Waals surface area (Å²) in [7, 11) is 0. The van der Waals surface area contributed by atoms with Crippen LogP contribution >= 0.6 is 0 Å². The second-order valence-electron chi connectivity index (χ2n) is 5.89. The van der Waals surface area contributed by atoms with Crippen molar-refractivity contribution in [3.05, 3.63) is 71.8 Å². The maximum atomic E-state index is 11.8. The molecule has 2 rings (SSSR count). The third kappa shape index (κ3) is 6.76. The van der Waals surface area contributed by atoms with Gasteiger partial charge in [0, 0.05) is 6.54 Å². The molecule has 136 valence electrons. The molecule has 3 amide bonds. The van der Waals surface area contributed by atoms with E-state index >= 15 is 0 Å². The molecule has 0 saturated carbocycles. The fourth-order valence-electron chi connectivity index (χ4n) is 2.34. The first kappa shape index (κ1) is 19.2. The second kappa shape index (κ2) is 9.98. The summed E-state index contributed by atoms with van der Waals surface area (Å²) >= 11 is 0. The van der Waals surface area contributed by atoms with Crippen LogP contribution in [-0.4, -0.2) is 24.5 Å². The molecule has 2 aromatic rings. The summed E-state index contributed by atoms with van der Waals surface area (Å²) in [5.41, 5.74) is 1.94. The third-order valence-corrected chi connectivity index (χ3v) is 3.75. The zero-order valence-electron chi connectivity index (χ0n) is 14.6. The average molecular weight is 354 g/mol. The Morgan fingerprint density at radius 1 is 0.962 bits per heavy atom. The van der Waals surface area contributed by atoms with Crippen LogP contribution in [0.15, 0.2) is 60.7 Å². The topological polar surface area (TPSA) is 84.5 Å². The van der Waals surface area contributed by atoms with Crippen molar-refractivity contribution in [3.8, 4) is 0 Å². The van der Waals surface area contributed by atoms with E-state index in [0.717, 1.165) is 11.1 Å². The summed E-state index contributed by atoms with van der Waals surface area (Å²) in [6.45, 7) is 1.72. The van der Waals surface area contributed by atoms with E-state index < -0.39 is 24.5 Å². The van der Waals surface area contributed by atoms with Crippen LogP contribution in [-0.2, 0) is 20.9 Å². The minimum absolute atomic E-state index is 0.0130. The molecule has 2 N–H and O–H groups in total. The average Bonchev–Trinajstić information content (AvgIpc) is 2.66. The first-order chi connectivity index (χ1) is 12.5. The second-order valence-corrected chi connectivity index (χ2v) is 5.89. The quantitative estimate of drug-likeness (QED) is 0.749. The van der Waals surface area contributed by atoms with Crippen molar-refractivity contribution in [2.75, 3.05) is 6.61 Å². The van der Waals surface area contributed by atoms with E-state index in [4.69, 9.17) is 4.74 Å². The fourth-order valence-corrected chi connectivity index (χ4v) is 2.34. The van der Waals surface area contributed by atoms with Crippen molar-refractivity contribution in [1.82, 2.24) is 10.6 Å². The number of benzene rings is 2. The molecule has 1 atom stereocenters. The molecule has 0 aromatic heterocycles. The van der Waals surface area contributed by atoms with Gasteiger partial charge in [0.15, 0.2) is 6.61 Å². The number of esters is 1. The predicted octanol–water partition coefficient (Wildman–Crippen LogP) is 2.75. The van der Waals surface area contributed by atoms with Crippen molar-refractivity contribution >= 4 is 17.9 Å². The van der Waals surface area contributed by atoms with Crippen molar-refractivity contribution in [1.29, 1.82) is 0 Å². The van der Waals surface area contributed by atoms with Crippen molar-refractivity contribution in [2.45, 2.75) is 25.8 Å². The summed E-state index contributed by atoms with van der Waals surface area (Å²) < 4.78 is 4.93. The lowest BCUT2D eigenvalue weighted by Gasteiger charge is -2.11. The number of ether oxygens (including phenoxy) is 1. The molecule has 6 nitrogen and oxygen atoms in total. The highest BCUT2D eigenvalue weighted by Crippen LogP contribution is 2.18. The van der Waals surface area contributed by atoms with Gasteiger partial charge in [-0.2, -0.15) is 0 Å². The SMILES string of the molecule is C[C@H](CC(=O)OCC(=O)NC(=O)NCc1ccccc1)c1ccccc1. The molecule has 0 unspecified atom stereocenters. The maximum absolute atomic E-state index is 11.8.